The molecule has 3 rings (SSSR count). The molecular weight excluding hydrogens is 390 g/mol. The van der Waals surface area contributed by atoms with Crippen molar-refractivity contribution in [3.63, 3.8) is 0 Å². The summed E-state index contributed by atoms with van der Waals surface area (Å²) in [4.78, 5) is 27.3. The first-order valence-corrected chi connectivity index (χ1v) is 10.3. The van der Waals surface area contributed by atoms with Crippen molar-refractivity contribution < 1.29 is 23.1 Å². The van der Waals surface area contributed by atoms with E-state index in [1.807, 2.05) is 20.8 Å². The number of carbonyl (C=O) groups is 2. The highest BCUT2D eigenvalue weighted by molar-refractivity contribution is 5.95. The number of ether oxygens (including phenoxy) is 1. The molecule has 0 unspecified atom stereocenters. The monoisotopic (exact) mass is 418 g/mol. The molecule has 1 aliphatic heterocycles. The lowest BCUT2D eigenvalue weighted by atomic mass is 9.97. The number of amides is 1. The van der Waals surface area contributed by atoms with E-state index < -0.39 is 11.6 Å². The van der Waals surface area contributed by atoms with E-state index >= 15 is 0 Å². The molecular formula is C23H28F2N2O3. The van der Waals surface area contributed by atoms with Gasteiger partial charge in [-0.25, -0.2) is 8.78 Å². The third-order valence-corrected chi connectivity index (χ3v) is 6.04. The Kier molecular flexibility index (Phi) is 6.58. The summed E-state index contributed by atoms with van der Waals surface area (Å²) in [7, 11) is 0. The highest BCUT2D eigenvalue weighted by Gasteiger charge is 2.32. The first kappa shape index (κ1) is 22.0. The lowest BCUT2D eigenvalue weighted by molar-refractivity contribution is -0.149. The molecule has 0 spiro atoms. The first-order valence-electron chi connectivity index (χ1n) is 10.3. The molecule has 1 aromatic carbocycles. The maximum atomic E-state index is 14.3. The second kappa shape index (κ2) is 8.98. The molecule has 0 N–H and O–H groups in total. The Morgan fingerprint density at radius 3 is 2.43 bits per heavy atom. The van der Waals surface area contributed by atoms with Crippen LogP contribution in [0.2, 0.25) is 0 Å². The second-order valence-electron chi connectivity index (χ2n) is 7.81. The molecule has 2 aromatic rings. The predicted molar refractivity (Wildman–Crippen MR) is 109 cm³/mol. The minimum absolute atomic E-state index is 0.0742. The van der Waals surface area contributed by atoms with Crippen molar-refractivity contribution in [2.75, 3.05) is 19.7 Å². The van der Waals surface area contributed by atoms with Gasteiger partial charge in [0.1, 0.15) is 17.3 Å². The van der Waals surface area contributed by atoms with Crippen LogP contribution < -0.4 is 0 Å². The Morgan fingerprint density at radius 2 is 1.80 bits per heavy atom. The zero-order valence-corrected chi connectivity index (χ0v) is 17.9. The summed E-state index contributed by atoms with van der Waals surface area (Å²) in [5, 5.41) is 0. The molecule has 1 atom stereocenters. The van der Waals surface area contributed by atoms with E-state index in [0.29, 0.717) is 31.7 Å². The van der Waals surface area contributed by atoms with Gasteiger partial charge in [0.2, 0.25) is 0 Å². The number of halogens is 2. The molecule has 1 aliphatic rings. The molecule has 5 nitrogen and oxygen atoms in total. The van der Waals surface area contributed by atoms with Gasteiger partial charge in [-0.15, -0.1) is 0 Å². The Hall–Kier alpha value is -2.70. The van der Waals surface area contributed by atoms with Crippen LogP contribution in [0.5, 0.6) is 0 Å². The molecule has 0 saturated carbocycles. The standard InChI is InChI=1S/C23H28F2N2O3/c1-5-30-23(29)17-8-7-11-26(12-17)22(28)21-15(3)14(2)16(4)27(21)13-18-19(24)9-6-10-20(18)25/h6,9-10,17H,5,7-8,11-13H2,1-4H3/t17-/m0/s1. The molecule has 1 fully saturated rings. The maximum absolute atomic E-state index is 14.3. The smallest absolute Gasteiger partial charge is 0.310 e. The third-order valence-electron chi connectivity index (χ3n) is 6.04. The van der Waals surface area contributed by atoms with Crippen LogP contribution in [-0.4, -0.2) is 41.0 Å². The molecule has 1 aromatic heterocycles. The topological polar surface area (TPSA) is 51.5 Å². The van der Waals surface area contributed by atoms with Gasteiger partial charge in [-0.3, -0.25) is 9.59 Å². The fraction of sp³-hybridized carbons (Fsp3) is 0.478. The second-order valence-corrected chi connectivity index (χ2v) is 7.81. The van der Waals surface area contributed by atoms with Crippen LogP contribution in [0.3, 0.4) is 0 Å². The fourth-order valence-corrected chi connectivity index (χ4v) is 4.10. The van der Waals surface area contributed by atoms with Gasteiger partial charge < -0.3 is 14.2 Å². The average Bonchev–Trinajstić information content (AvgIpc) is 2.94. The number of nitrogens with zero attached hydrogens (tertiary/aromatic N) is 2. The highest BCUT2D eigenvalue weighted by Crippen LogP contribution is 2.27. The minimum atomic E-state index is -0.642. The van der Waals surface area contributed by atoms with Gasteiger partial charge in [0.15, 0.2) is 0 Å². The van der Waals surface area contributed by atoms with Crippen LogP contribution >= 0.6 is 0 Å². The Morgan fingerprint density at radius 1 is 1.13 bits per heavy atom. The lowest BCUT2D eigenvalue weighted by Crippen LogP contribution is -2.43. The van der Waals surface area contributed by atoms with Gasteiger partial charge in [-0.2, -0.15) is 0 Å². The number of hydrogen-bond acceptors (Lipinski definition) is 3. The SMILES string of the molecule is CCOC(=O)[C@H]1CCCN(C(=O)c2c(C)c(C)c(C)n2Cc2c(F)cccc2F)C1. The summed E-state index contributed by atoms with van der Waals surface area (Å²) in [6.45, 7) is 8.39. The largest absolute Gasteiger partial charge is 0.466 e. The molecule has 7 heteroatoms. The number of hydrogen-bond donors (Lipinski definition) is 0. The number of aromatic nitrogens is 1. The summed E-state index contributed by atoms with van der Waals surface area (Å²) in [5.74, 6) is -2.15. The number of carbonyl (C=O) groups excluding carboxylic acids is 2. The summed E-state index contributed by atoms with van der Waals surface area (Å²) in [6.07, 6.45) is 1.38. The van der Waals surface area contributed by atoms with Gasteiger partial charge in [0, 0.05) is 24.3 Å². The van der Waals surface area contributed by atoms with Gasteiger partial charge in [-0.05, 0) is 63.8 Å². The summed E-state index contributed by atoms with van der Waals surface area (Å²) < 4.78 is 35.4. The molecule has 0 aliphatic carbocycles. The van der Waals surface area contributed by atoms with E-state index in [4.69, 9.17) is 4.74 Å². The van der Waals surface area contributed by atoms with Gasteiger partial charge in [0.25, 0.3) is 5.91 Å². The van der Waals surface area contributed by atoms with Crippen LogP contribution in [0.4, 0.5) is 8.78 Å². The van der Waals surface area contributed by atoms with Crippen molar-refractivity contribution in [1.29, 1.82) is 0 Å². The Balaban J connectivity index is 1.95. The van der Waals surface area contributed by atoms with Crippen LogP contribution in [0.15, 0.2) is 18.2 Å². The quantitative estimate of drug-likeness (QED) is 0.686. The van der Waals surface area contributed by atoms with E-state index in [2.05, 4.69) is 0 Å². The maximum Gasteiger partial charge on any atom is 0.310 e. The van der Waals surface area contributed by atoms with Gasteiger partial charge in [0.05, 0.1) is 19.1 Å². The van der Waals surface area contributed by atoms with Crippen molar-refractivity contribution in [3.8, 4) is 0 Å². The zero-order valence-electron chi connectivity index (χ0n) is 17.9. The van der Waals surface area contributed by atoms with Gasteiger partial charge in [-0.1, -0.05) is 6.07 Å². The molecule has 162 valence electrons. The molecule has 30 heavy (non-hydrogen) atoms. The summed E-state index contributed by atoms with van der Waals surface area (Å²) >= 11 is 0. The first-order chi connectivity index (χ1) is 14.3. The van der Waals surface area contributed by atoms with Crippen molar-refractivity contribution >= 4 is 11.9 Å². The number of likely N-dealkylation sites (tertiary alicyclic amines) is 1. The Bertz CT molecular complexity index is 948. The van der Waals surface area contributed by atoms with Crippen LogP contribution in [0.1, 0.15) is 52.6 Å². The molecule has 2 heterocycles. The molecule has 1 saturated heterocycles. The Labute approximate surface area is 175 Å². The lowest BCUT2D eigenvalue weighted by Gasteiger charge is -2.32. The van der Waals surface area contributed by atoms with Crippen molar-refractivity contribution in [2.45, 2.75) is 47.1 Å². The van der Waals surface area contributed by atoms with Crippen LogP contribution in [0.25, 0.3) is 0 Å². The van der Waals surface area contributed by atoms with E-state index in [1.54, 1.807) is 16.4 Å². The van der Waals surface area contributed by atoms with Gasteiger partial charge >= 0.3 is 5.97 Å². The van der Waals surface area contributed by atoms with Crippen molar-refractivity contribution in [2.24, 2.45) is 5.92 Å². The van der Waals surface area contributed by atoms with Crippen LogP contribution in [0, 0.1) is 38.3 Å². The zero-order chi connectivity index (χ0) is 22.0. The molecule has 1 amide bonds. The van der Waals surface area contributed by atoms with E-state index in [0.717, 1.165) is 16.8 Å². The molecule has 0 bridgehead atoms. The number of piperidine rings is 1. The predicted octanol–water partition coefficient (Wildman–Crippen LogP) is 4.16. The summed E-state index contributed by atoms with van der Waals surface area (Å²) in [5.41, 5.74) is 2.82. The minimum Gasteiger partial charge on any atom is -0.466 e. The van der Waals surface area contributed by atoms with Crippen molar-refractivity contribution in [1.82, 2.24) is 9.47 Å². The summed E-state index contributed by atoms with van der Waals surface area (Å²) in [6, 6.07) is 3.75. The van der Waals surface area contributed by atoms with E-state index in [9.17, 15) is 18.4 Å². The number of esters is 1. The fourth-order valence-electron chi connectivity index (χ4n) is 4.10. The highest BCUT2D eigenvalue weighted by atomic mass is 19.1. The van der Waals surface area contributed by atoms with E-state index in [1.165, 1.54) is 18.2 Å². The average molecular weight is 418 g/mol. The normalized spacial score (nSPS) is 16.6. The number of rotatable bonds is 5. The van der Waals surface area contributed by atoms with Crippen LogP contribution in [-0.2, 0) is 16.1 Å². The third kappa shape index (κ3) is 4.11. The van der Waals surface area contributed by atoms with Crippen molar-refractivity contribution in [3.05, 3.63) is 57.9 Å². The van der Waals surface area contributed by atoms with E-state index in [-0.39, 0.29) is 36.4 Å². The number of benzene rings is 1. The molecule has 0 radical (unpaired) electrons.